The molecule has 0 aliphatic heterocycles. The summed E-state index contributed by atoms with van der Waals surface area (Å²) in [4.78, 5) is 27.0. The molecule has 8 heteroatoms. The fraction of sp³-hybridized carbons (Fsp3) is 0.400. The third kappa shape index (κ3) is 4.45. The molecule has 0 bridgehead atoms. The minimum atomic E-state index is -0.195. The fourth-order valence-corrected chi connectivity index (χ4v) is 3.20. The average molecular weight is 382 g/mol. The van der Waals surface area contributed by atoms with Crippen LogP contribution in [0.4, 0.5) is 5.69 Å². The van der Waals surface area contributed by atoms with Gasteiger partial charge in [-0.2, -0.15) is 10.2 Å². The quantitative estimate of drug-likeness (QED) is 0.640. The SMILES string of the molecule is CCN(CC)CCn1cc(NC(=O)Cc2nn(C)c(=O)c3ccccc23)cn1. The summed E-state index contributed by atoms with van der Waals surface area (Å²) in [5.74, 6) is -0.195. The third-order valence-corrected chi connectivity index (χ3v) is 4.82. The first kappa shape index (κ1) is 19.8. The van der Waals surface area contributed by atoms with Crippen LogP contribution in [0, 0.1) is 0 Å². The Morgan fingerprint density at radius 3 is 2.61 bits per heavy atom. The van der Waals surface area contributed by atoms with E-state index in [9.17, 15) is 9.59 Å². The Morgan fingerprint density at radius 2 is 1.89 bits per heavy atom. The first-order valence-corrected chi connectivity index (χ1v) is 9.51. The second kappa shape index (κ2) is 8.79. The summed E-state index contributed by atoms with van der Waals surface area (Å²) in [6.07, 6.45) is 3.55. The van der Waals surface area contributed by atoms with Gasteiger partial charge in [-0.15, -0.1) is 0 Å². The lowest BCUT2D eigenvalue weighted by Gasteiger charge is -2.17. The van der Waals surface area contributed by atoms with E-state index < -0.39 is 0 Å². The van der Waals surface area contributed by atoms with Crippen LogP contribution in [0.15, 0.2) is 41.5 Å². The molecule has 0 spiro atoms. The molecule has 0 saturated heterocycles. The number of amides is 1. The molecule has 2 aromatic heterocycles. The van der Waals surface area contributed by atoms with Gasteiger partial charge in [-0.25, -0.2) is 4.68 Å². The summed E-state index contributed by atoms with van der Waals surface area (Å²) in [6.45, 7) is 7.95. The standard InChI is InChI=1S/C20H26N6O2/c1-4-25(5-2)10-11-26-14-15(13-21-26)22-19(27)12-18-16-8-6-7-9-17(16)20(28)24(3)23-18/h6-9,13-14H,4-5,10-12H2,1-3H3,(H,22,27). The maximum Gasteiger partial charge on any atom is 0.274 e. The highest BCUT2D eigenvalue weighted by atomic mass is 16.1. The normalized spacial score (nSPS) is 11.3. The van der Waals surface area contributed by atoms with E-state index in [4.69, 9.17) is 0 Å². The molecule has 8 nitrogen and oxygen atoms in total. The number of carbonyl (C=O) groups is 1. The van der Waals surface area contributed by atoms with Gasteiger partial charge in [0.15, 0.2) is 0 Å². The van der Waals surface area contributed by atoms with Crippen LogP contribution in [0.5, 0.6) is 0 Å². The van der Waals surface area contributed by atoms with Gasteiger partial charge in [-0.1, -0.05) is 32.0 Å². The number of nitrogens with zero attached hydrogens (tertiary/aromatic N) is 5. The Labute approximate surface area is 163 Å². The van der Waals surface area contributed by atoms with Gasteiger partial charge < -0.3 is 10.2 Å². The van der Waals surface area contributed by atoms with E-state index in [1.54, 1.807) is 25.4 Å². The lowest BCUT2D eigenvalue weighted by molar-refractivity contribution is -0.115. The monoisotopic (exact) mass is 382 g/mol. The largest absolute Gasteiger partial charge is 0.323 e. The lowest BCUT2D eigenvalue weighted by atomic mass is 10.1. The molecule has 1 amide bonds. The van der Waals surface area contributed by atoms with Gasteiger partial charge in [0.2, 0.25) is 5.91 Å². The Balaban J connectivity index is 1.68. The van der Waals surface area contributed by atoms with Crippen molar-refractivity contribution in [2.75, 3.05) is 25.0 Å². The molecule has 0 aliphatic rings. The second-order valence-corrected chi connectivity index (χ2v) is 6.66. The molecule has 3 aromatic rings. The van der Waals surface area contributed by atoms with Crippen molar-refractivity contribution in [3.05, 3.63) is 52.7 Å². The van der Waals surface area contributed by atoms with Crippen LogP contribution in [-0.2, 0) is 24.8 Å². The summed E-state index contributed by atoms with van der Waals surface area (Å²) in [6, 6.07) is 7.21. The van der Waals surface area contributed by atoms with Crippen LogP contribution >= 0.6 is 0 Å². The molecule has 28 heavy (non-hydrogen) atoms. The van der Waals surface area contributed by atoms with E-state index in [1.165, 1.54) is 4.68 Å². The zero-order valence-corrected chi connectivity index (χ0v) is 16.6. The van der Waals surface area contributed by atoms with E-state index in [2.05, 4.69) is 34.3 Å². The highest BCUT2D eigenvalue weighted by Crippen LogP contribution is 2.14. The number of aromatic nitrogens is 4. The molecular weight excluding hydrogens is 356 g/mol. The maximum absolute atomic E-state index is 12.5. The van der Waals surface area contributed by atoms with Crippen molar-refractivity contribution in [3.63, 3.8) is 0 Å². The molecule has 1 N–H and O–H groups in total. The molecule has 2 heterocycles. The third-order valence-electron chi connectivity index (χ3n) is 4.82. The van der Waals surface area contributed by atoms with E-state index in [1.807, 2.05) is 23.0 Å². The average Bonchev–Trinajstić information content (AvgIpc) is 3.14. The molecular formula is C20H26N6O2. The van der Waals surface area contributed by atoms with Crippen LogP contribution in [-0.4, -0.2) is 50.0 Å². The lowest BCUT2D eigenvalue weighted by Crippen LogP contribution is -2.27. The summed E-state index contributed by atoms with van der Waals surface area (Å²) in [5.41, 5.74) is 1.05. The number of anilines is 1. The Kier molecular flexibility index (Phi) is 6.20. The number of hydrogen-bond acceptors (Lipinski definition) is 5. The number of hydrogen-bond donors (Lipinski definition) is 1. The van der Waals surface area contributed by atoms with Crippen molar-refractivity contribution in [1.29, 1.82) is 0 Å². The fourth-order valence-electron chi connectivity index (χ4n) is 3.20. The van der Waals surface area contributed by atoms with Crippen LogP contribution in [0.25, 0.3) is 10.8 Å². The minimum Gasteiger partial charge on any atom is -0.323 e. The Morgan fingerprint density at radius 1 is 1.18 bits per heavy atom. The number of fused-ring (bicyclic) bond motifs is 1. The van der Waals surface area contributed by atoms with Gasteiger partial charge in [-0.3, -0.25) is 14.3 Å². The van der Waals surface area contributed by atoms with Crippen molar-refractivity contribution in [2.45, 2.75) is 26.8 Å². The maximum atomic E-state index is 12.5. The second-order valence-electron chi connectivity index (χ2n) is 6.66. The van der Waals surface area contributed by atoms with Gasteiger partial charge in [-0.05, 0) is 19.2 Å². The number of aryl methyl sites for hydroxylation is 1. The van der Waals surface area contributed by atoms with E-state index in [-0.39, 0.29) is 17.9 Å². The van der Waals surface area contributed by atoms with Gasteiger partial charge in [0, 0.05) is 25.2 Å². The van der Waals surface area contributed by atoms with Gasteiger partial charge in [0.05, 0.1) is 35.9 Å². The summed E-state index contributed by atoms with van der Waals surface area (Å²) >= 11 is 0. The number of benzene rings is 1. The first-order chi connectivity index (χ1) is 13.5. The molecule has 0 radical (unpaired) electrons. The van der Waals surface area contributed by atoms with E-state index in [0.717, 1.165) is 26.2 Å². The van der Waals surface area contributed by atoms with Gasteiger partial charge >= 0.3 is 0 Å². The number of likely N-dealkylation sites (N-methyl/N-ethyl adjacent to an activating group) is 1. The zero-order chi connectivity index (χ0) is 20.1. The molecule has 3 rings (SSSR count). The summed E-state index contributed by atoms with van der Waals surface area (Å²) in [5, 5.41) is 12.7. The minimum absolute atomic E-state index is 0.0826. The van der Waals surface area contributed by atoms with Crippen LogP contribution in [0.3, 0.4) is 0 Å². The van der Waals surface area contributed by atoms with Crippen molar-refractivity contribution < 1.29 is 4.79 Å². The number of rotatable bonds is 8. The predicted octanol–water partition coefficient (Wildman–Crippen LogP) is 1.65. The number of nitrogens with one attached hydrogen (secondary N) is 1. The van der Waals surface area contributed by atoms with Crippen molar-refractivity contribution in [2.24, 2.45) is 7.05 Å². The first-order valence-electron chi connectivity index (χ1n) is 9.51. The molecule has 0 unspecified atom stereocenters. The van der Waals surface area contributed by atoms with E-state index in [0.29, 0.717) is 22.2 Å². The Bertz CT molecular complexity index is 1020. The highest BCUT2D eigenvalue weighted by Gasteiger charge is 2.13. The summed E-state index contributed by atoms with van der Waals surface area (Å²) in [7, 11) is 1.59. The topological polar surface area (TPSA) is 85.0 Å². The van der Waals surface area contributed by atoms with E-state index >= 15 is 0 Å². The molecule has 0 atom stereocenters. The number of carbonyl (C=O) groups excluding carboxylic acids is 1. The molecule has 0 fully saturated rings. The molecule has 0 saturated carbocycles. The van der Waals surface area contributed by atoms with Crippen molar-refractivity contribution in [3.8, 4) is 0 Å². The highest BCUT2D eigenvalue weighted by molar-refractivity contribution is 5.95. The van der Waals surface area contributed by atoms with Crippen LogP contribution < -0.4 is 10.9 Å². The summed E-state index contributed by atoms with van der Waals surface area (Å²) < 4.78 is 3.10. The molecule has 0 aliphatic carbocycles. The predicted molar refractivity (Wildman–Crippen MR) is 109 cm³/mol. The smallest absolute Gasteiger partial charge is 0.274 e. The van der Waals surface area contributed by atoms with Gasteiger partial charge in [0.1, 0.15) is 0 Å². The zero-order valence-electron chi connectivity index (χ0n) is 16.6. The Hall–Kier alpha value is -3.00. The van der Waals surface area contributed by atoms with Crippen LogP contribution in [0.1, 0.15) is 19.5 Å². The van der Waals surface area contributed by atoms with Crippen LogP contribution in [0.2, 0.25) is 0 Å². The van der Waals surface area contributed by atoms with Crippen molar-refractivity contribution in [1.82, 2.24) is 24.5 Å². The molecule has 1 aromatic carbocycles. The molecule has 148 valence electrons. The van der Waals surface area contributed by atoms with Gasteiger partial charge in [0.25, 0.3) is 5.56 Å². The van der Waals surface area contributed by atoms with Crippen molar-refractivity contribution >= 4 is 22.4 Å².